The van der Waals surface area contributed by atoms with Crippen LogP contribution in [0.3, 0.4) is 0 Å². The third-order valence-electron chi connectivity index (χ3n) is 6.58. The molecule has 0 bridgehead atoms. The minimum atomic E-state index is -0.314. The summed E-state index contributed by atoms with van der Waals surface area (Å²) in [7, 11) is 3.25. The highest BCUT2D eigenvalue weighted by Gasteiger charge is 2.13. The summed E-state index contributed by atoms with van der Waals surface area (Å²) < 4.78 is 31.9. The van der Waals surface area contributed by atoms with E-state index in [0.717, 1.165) is 32.0 Å². The largest absolute Gasteiger partial charge is 0.382 e. The standard InChI is InChI=1S/C33H41N5O8S/c1-34-33(40)27-5-3-4-6-29(27)47-25-8-9-26-28(21-25)37-38-32(26)24-7-10-30(35-22-24)36-31(39)23-46-20-19-45-18-17-44-16-15-43-14-13-42-12-11-41-2/h3-10,21-22H,11-20,23H2,1-2H3,(H,34,40)(H,37,38)(H,35,36,39). The van der Waals surface area contributed by atoms with E-state index in [2.05, 4.69) is 25.8 Å². The molecule has 47 heavy (non-hydrogen) atoms. The second-order valence-electron chi connectivity index (χ2n) is 9.93. The maximum absolute atomic E-state index is 12.3. The zero-order valence-electron chi connectivity index (χ0n) is 26.6. The van der Waals surface area contributed by atoms with Crippen LogP contribution in [0.5, 0.6) is 0 Å². The van der Waals surface area contributed by atoms with Crippen LogP contribution >= 0.6 is 11.8 Å². The Kier molecular flexibility index (Phi) is 15.6. The van der Waals surface area contributed by atoms with Crippen molar-refractivity contribution in [2.75, 3.05) is 92.1 Å². The molecule has 14 heteroatoms. The Labute approximate surface area is 278 Å². The molecule has 0 aliphatic heterocycles. The van der Waals surface area contributed by atoms with Gasteiger partial charge in [0.05, 0.1) is 77.1 Å². The monoisotopic (exact) mass is 667 g/mol. The van der Waals surface area contributed by atoms with Crippen molar-refractivity contribution < 1.29 is 38.0 Å². The number of H-pyrrole nitrogens is 1. The van der Waals surface area contributed by atoms with Crippen LogP contribution in [0, 0.1) is 0 Å². The predicted octanol–water partition coefficient (Wildman–Crippen LogP) is 3.80. The Bertz CT molecular complexity index is 1540. The van der Waals surface area contributed by atoms with Crippen LogP contribution in [0.4, 0.5) is 5.82 Å². The molecule has 0 unspecified atom stereocenters. The highest BCUT2D eigenvalue weighted by Crippen LogP contribution is 2.34. The van der Waals surface area contributed by atoms with Crippen LogP contribution in [0.1, 0.15) is 10.4 Å². The minimum Gasteiger partial charge on any atom is -0.382 e. The SMILES string of the molecule is CNC(=O)c1ccccc1Sc1ccc2c(-c3ccc(NC(=O)COCCOCCOCCOCCOCCOC)nc3)n[nH]c2c1. The lowest BCUT2D eigenvalue weighted by atomic mass is 10.1. The van der Waals surface area contributed by atoms with E-state index in [1.54, 1.807) is 32.5 Å². The molecular formula is C33H41N5O8S. The van der Waals surface area contributed by atoms with E-state index in [4.69, 9.17) is 28.4 Å². The first-order valence-corrected chi connectivity index (χ1v) is 16.0. The third kappa shape index (κ3) is 12.0. The van der Waals surface area contributed by atoms with Crippen molar-refractivity contribution in [2.24, 2.45) is 0 Å². The summed E-state index contributed by atoms with van der Waals surface area (Å²) in [4.78, 5) is 30.7. The number of hydrogen-bond acceptors (Lipinski definition) is 11. The maximum atomic E-state index is 12.3. The number of anilines is 1. The number of amides is 2. The van der Waals surface area contributed by atoms with Crippen molar-refractivity contribution in [2.45, 2.75) is 9.79 Å². The fourth-order valence-electron chi connectivity index (χ4n) is 4.26. The highest BCUT2D eigenvalue weighted by molar-refractivity contribution is 7.99. The molecule has 2 heterocycles. The number of carbonyl (C=O) groups is 2. The van der Waals surface area contributed by atoms with Crippen LogP contribution in [-0.2, 0) is 33.2 Å². The Hall–Kier alpha value is -3.89. The molecule has 3 N–H and O–H groups in total. The number of methoxy groups -OCH3 is 1. The Morgan fingerprint density at radius 2 is 1.47 bits per heavy atom. The summed E-state index contributed by atoms with van der Waals surface area (Å²) in [6.07, 6.45) is 1.66. The molecule has 2 amide bonds. The molecule has 0 saturated carbocycles. The first kappa shape index (κ1) is 36.0. The van der Waals surface area contributed by atoms with Gasteiger partial charge in [-0.25, -0.2) is 4.98 Å². The molecule has 252 valence electrons. The Balaban J connectivity index is 1.11. The average Bonchev–Trinajstić information content (AvgIpc) is 3.51. The second-order valence-corrected chi connectivity index (χ2v) is 11.0. The van der Waals surface area contributed by atoms with Gasteiger partial charge in [0.15, 0.2) is 0 Å². The van der Waals surface area contributed by atoms with Crippen LogP contribution in [0.2, 0.25) is 0 Å². The highest BCUT2D eigenvalue weighted by atomic mass is 32.2. The topological polar surface area (TPSA) is 155 Å². The molecule has 0 aliphatic rings. The number of rotatable bonds is 22. The third-order valence-corrected chi connectivity index (χ3v) is 7.64. The summed E-state index contributed by atoms with van der Waals surface area (Å²) in [5.74, 6) is -0.0342. The molecule has 0 aliphatic carbocycles. The van der Waals surface area contributed by atoms with Gasteiger partial charge in [0.1, 0.15) is 18.1 Å². The number of hydrogen-bond donors (Lipinski definition) is 3. The molecule has 13 nitrogen and oxygen atoms in total. The van der Waals surface area contributed by atoms with Gasteiger partial charge in [0.25, 0.3) is 11.8 Å². The molecule has 0 radical (unpaired) electrons. The summed E-state index contributed by atoms with van der Waals surface area (Å²) in [6, 6.07) is 17.0. The second kappa shape index (κ2) is 20.4. The summed E-state index contributed by atoms with van der Waals surface area (Å²) in [5.41, 5.74) is 3.02. The number of nitrogens with one attached hydrogen (secondary N) is 3. The van der Waals surface area contributed by atoms with Gasteiger partial charge >= 0.3 is 0 Å². The fourth-order valence-corrected chi connectivity index (χ4v) is 5.24. The quantitative estimate of drug-likeness (QED) is 0.105. The minimum absolute atomic E-state index is 0.117. The van der Waals surface area contributed by atoms with Gasteiger partial charge in [-0.15, -0.1) is 0 Å². The van der Waals surface area contributed by atoms with Crippen molar-refractivity contribution >= 4 is 40.3 Å². The van der Waals surface area contributed by atoms with Gasteiger partial charge in [-0.1, -0.05) is 23.9 Å². The molecular weight excluding hydrogens is 626 g/mol. The molecule has 0 spiro atoms. The zero-order valence-corrected chi connectivity index (χ0v) is 27.4. The van der Waals surface area contributed by atoms with E-state index < -0.39 is 0 Å². The number of ether oxygens (including phenoxy) is 6. The molecule has 2 aromatic carbocycles. The van der Waals surface area contributed by atoms with E-state index in [1.165, 1.54) is 11.8 Å². The van der Waals surface area contributed by atoms with Crippen molar-refractivity contribution in [3.05, 3.63) is 66.4 Å². The van der Waals surface area contributed by atoms with Gasteiger partial charge in [-0.3, -0.25) is 14.7 Å². The maximum Gasteiger partial charge on any atom is 0.252 e. The van der Waals surface area contributed by atoms with Crippen LogP contribution in [-0.4, -0.2) is 114 Å². The smallest absolute Gasteiger partial charge is 0.252 e. The molecule has 0 fully saturated rings. The molecule has 4 aromatic rings. The van der Waals surface area contributed by atoms with Gasteiger partial charge in [0, 0.05) is 41.1 Å². The molecule has 0 atom stereocenters. The van der Waals surface area contributed by atoms with Gasteiger partial charge in [-0.2, -0.15) is 5.10 Å². The van der Waals surface area contributed by atoms with Crippen molar-refractivity contribution in [3.8, 4) is 11.3 Å². The zero-order chi connectivity index (χ0) is 33.1. The lowest BCUT2D eigenvalue weighted by molar-refractivity contribution is -0.121. The molecule has 2 aromatic heterocycles. The van der Waals surface area contributed by atoms with E-state index in [9.17, 15) is 9.59 Å². The van der Waals surface area contributed by atoms with Crippen LogP contribution in [0.25, 0.3) is 22.2 Å². The van der Waals surface area contributed by atoms with Crippen molar-refractivity contribution in [1.29, 1.82) is 0 Å². The predicted molar refractivity (Wildman–Crippen MR) is 178 cm³/mol. The summed E-state index contributed by atoms with van der Waals surface area (Å²) in [5, 5.41) is 13.9. The number of aromatic amines is 1. The van der Waals surface area contributed by atoms with Crippen molar-refractivity contribution in [1.82, 2.24) is 20.5 Å². The lowest BCUT2D eigenvalue weighted by Gasteiger charge is -2.08. The van der Waals surface area contributed by atoms with Gasteiger partial charge < -0.3 is 39.1 Å². The number of nitrogens with zero attached hydrogens (tertiary/aromatic N) is 2. The number of benzene rings is 2. The van der Waals surface area contributed by atoms with Gasteiger partial charge in [0.2, 0.25) is 0 Å². The first-order valence-electron chi connectivity index (χ1n) is 15.2. The van der Waals surface area contributed by atoms with Crippen LogP contribution < -0.4 is 10.6 Å². The number of carbonyl (C=O) groups excluding carboxylic acids is 2. The number of aromatic nitrogens is 3. The summed E-state index contributed by atoms with van der Waals surface area (Å²) in [6.45, 7) is 4.51. The molecule has 4 rings (SSSR count). The average molecular weight is 668 g/mol. The first-order chi connectivity index (χ1) is 23.1. The normalized spacial score (nSPS) is 11.2. The van der Waals surface area contributed by atoms with E-state index >= 15 is 0 Å². The van der Waals surface area contributed by atoms with E-state index in [0.29, 0.717) is 70.8 Å². The molecule has 0 saturated heterocycles. The van der Waals surface area contributed by atoms with E-state index in [-0.39, 0.29) is 25.0 Å². The number of pyridine rings is 1. The van der Waals surface area contributed by atoms with E-state index in [1.807, 2.05) is 42.5 Å². The Morgan fingerprint density at radius 1 is 0.809 bits per heavy atom. The van der Waals surface area contributed by atoms with Gasteiger partial charge in [-0.05, 0) is 42.5 Å². The fraction of sp³-hybridized carbons (Fsp3) is 0.394. The van der Waals surface area contributed by atoms with Crippen molar-refractivity contribution in [3.63, 3.8) is 0 Å². The van der Waals surface area contributed by atoms with Crippen LogP contribution in [0.15, 0.2) is 70.6 Å². The summed E-state index contributed by atoms with van der Waals surface area (Å²) >= 11 is 1.51. The Morgan fingerprint density at radius 3 is 2.11 bits per heavy atom. The number of fused-ring (bicyclic) bond motifs is 1. The lowest BCUT2D eigenvalue weighted by Crippen LogP contribution is -2.20.